The molecule has 1 saturated heterocycles. The van der Waals surface area contributed by atoms with E-state index in [9.17, 15) is 0 Å². The highest BCUT2D eigenvalue weighted by molar-refractivity contribution is 14.0. The maximum absolute atomic E-state index is 5.32. The van der Waals surface area contributed by atoms with E-state index in [1.54, 1.807) is 6.26 Å². The van der Waals surface area contributed by atoms with Crippen molar-refractivity contribution in [1.29, 1.82) is 0 Å². The fourth-order valence-corrected chi connectivity index (χ4v) is 2.26. The summed E-state index contributed by atoms with van der Waals surface area (Å²) in [5.41, 5.74) is 0. The average Bonchev–Trinajstić information content (AvgIpc) is 2.97. The smallest absolute Gasteiger partial charge is 0.194 e. The zero-order chi connectivity index (χ0) is 13.3. The Morgan fingerprint density at radius 3 is 2.85 bits per heavy atom. The number of rotatable bonds is 5. The second-order valence-corrected chi connectivity index (χ2v) is 4.75. The third-order valence-electron chi connectivity index (χ3n) is 3.26. The molecule has 1 aliphatic heterocycles. The summed E-state index contributed by atoms with van der Waals surface area (Å²) in [5, 5.41) is 3.35. The van der Waals surface area contributed by atoms with Gasteiger partial charge in [0, 0.05) is 32.6 Å². The van der Waals surface area contributed by atoms with E-state index in [4.69, 9.17) is 4.42 Å². The van der Waals surface area contributed by atoms with E-state index < -0.39 is 0 Å². The predicted octanol–water partition coefficient (Wildman–Crippen LogP) is 3.06. The number of furan rings is 1. The Morgan fingerprint density at radius 1 is 1.40 bits per heavy atom. The van der Waals surface area contributed by atoms with E-state index in [1.165, 1.54) is 19.3 Å². The largest absolute Gasteiger partial charge is 0.469 e. The topological polar surface area (TPSA) is 40.8 Å². The second kappa shape index (κ2) is 9.85. The molecule has 1 aromatic heterocycles. The zero-order valence-corrected chi connectivity index (χ0v) is 14.2. The third kappa shape index (κ3) is 5.56. The Kier molecular flexibility index (Phi) is 8.41. The van der Waals surface area contributed by atoms with Crippen molar-refractivity contribution >= 4 is 29.9 Å². The van der Waals surface area contributed by atoms with Gasteiger partial charge >= 0.3 is 0 Å². The lowest BCUT2D eigenvalue weighted by molar-refractivity contribution is 0.332. The second-order valence-electron chi connectivity index (χ2n) is 4.75. The molecular formula is C15H24IN3O. The quantitative estimate of drug-likeness (QED) is 0.364. The van der Waals surface area contributed by atoms with Crippen LogP contribution in [0.4, 0.5) is 0 Å². The highest BCUT2D eigenvalue weighted by Crippen LogP contribution is 2.09. The Morgan fingerprint density at radius 2 is 2.20 bits per heavy atom. The fourth-order valence-electron chi connectivity index (χ4n) is 2.26. The summed E-state index contributed by atoms with van der Waals surface area (Å²) < 4.78 is 5.32. The molecule has 5 heteroatoms. The van der Waals surface area contributed by atoms with Crippen LogP contribution in [0.15, 0.2) is 40.5 Å². The molecule has 0 amide bonds. The van der Waals surface area contributed by atoms with E-state index in [0.717, 1.165) is 44.3 Å². The Bertz CT molecular complexity index is 397. The van der Waals surface area contributed by atoms with Gasteiger partial charge in [-0.2, -0.15) is 0 Å². The summed E-state index contributed by atoms with van der Waals surface area (Å²) in [6.45, 7) is 7.46. The number of likely N-dealkylation sites (tertiary alicyclic amines) is 1. The zero-order valence-electron chi connectivity index (χ0n) is 11.9. The van der Waals surface area contributed by atoms with Crippen molar-refractivity contribution in [3.05, 3.63) is 36.8 Å². The third-order valence-corrected chi connectivity index (χ3v) is 3.26. The van der Waals surface area contributed by atoms with Crippen molar-refractivity contribution in [3.8, 4) is 0 Å². The number of piperidine rings is 1. The van der Waals surface area contributed by atoms with Crippen molar-refractivity contribution in [1.82, 2.24) is 10.2 Å². The SMILES string of the molecule is C=CCNC(=NCCc1ccco1)N1CCCCC1.I. The van der Waals surface area contributed by atoms with Gasteiger partial charge in [0.2, 0.25) is 0 Å². The van der Waals surface area contributed by atoms with Crippen LogP contribution in [-0.4, -0.2) is 37.0 Å². The Labute approximate surface area is 138 Å². The Hall–Kier alpha value is -0.980. The first-order valence-corrected chi connectivity index (χ1v) is 7.06. The predicted molar refractivity (Wildman–Crippen MR) is 93.8 cm³/mol. The molecule has 1 N–H and O–H groups in total. The summed E-state index contributed by atoms with van der Waals surface area (Å²) in [6.07, 6.45) is 8.27. The van der Waals surface area contributed by atoms with Crippen LogP contribution in [0.2, 0.25) is 0 Å². The van der Waals surface area contributed by atoms with Gasteiger partial charge in [0.25, 0.3) is 0 Å². The van der Waals surface area contributed by atoms with Crippen LogP contribution in [0.1, 0.15) is 25.0 Å². The first-order chi connectivity index (χ1) is 9.40. The maximum atomic E-state index is 5.32. The summed E-state index contributed by atoms with van der Waals surface area (Å²) in [6, 6.07) is 3.91. The molecule has 1 aliphatic rings. The van der Waals surface area contributed by atoms with Gasteiger partial charge in [0.15, 0.2) is 5.96 Å². The van der Waals surface area contributed by atoms with Crippen molar-refractivity contribution in [2.45, 2.75) is 25.7 Å². The van der Waals surface area contributed by atoms with E-state index in [1.807, 2.05) is 18.2 Å². The molecule has 20 heavy (non-hydrogen) atoms. The molecule has 0 bridgehead atoms. The number of aliphatic imine (C=N–C) groups is 1. The van der Waals surface area contributed by atoms with Crippen LogP contribution in [0, 0.1) is 0 Å². The van der Waals surface area contributed by atoms with Crippen molar-refractivity contribution in [3.63, 3.8) is 0 Å². The van der Waals surface area contributed by atoms with Crippen LogP contribution >= 0.6 is 24.0 Å². The van der Waals surface area contributed by atoms with Crippen LogP contribution in [0.5, 0.6) is 0 Å². The van der Waals surface area contributed by atoms with Crippen LogP contribution < -0.4 is 5.32 Å². The molecule has 0 spiro atoms. The fraction of sp³-hybridized carbons (Fsp3) is 0.533. The van der Waals surface area contributed by atoms with Crippen LogP contribution in [-0.2, 0) is 6.42 Å². The number of halogens is 1. The van der Waals surface area contributed by atoms with Gasteiger partial charge in [0.05, 0.1) is 6.26 Å². The monoisotopic (exact) mass is 389 g/mol. The molecule has 0 radical (unpaired) electrons. The lowest BCUT2D eigenvalue weighted by atomic mass is 10.1. The Balaban J connectivity index is 0.00000200. The minimum Gasteiger partial charge on any atom is -0.469 e. The summed E-state index contributed by atoms with van der Waals surface area (Å²) >= 11 is 0. The molecule has 2 heterocycles. The molecule has 2 rings (SSSR count). The highest BCUT2D eigenvalue weighted by Gasteiger charge is 2.13. The van der Waals surface area contributed by atoms with E-state index in [-0.39, 0.29) is 24.0 Å². The number of hydrogen-bond acceptors (Lipinski definition) is 2. The van der Waals surface area contributed by atoms with Crippen LogP contribution in [0.3, 0.4) is 0 Å². The van der Waals surface area contributed by atoms with E-state index >= 15 is 0 Å². The molecule has 0 aromatic carbocycles. The minimum absolute atomic E-state index is 0. The number of hydrogen-bond donors (Lipinski definition) is 1. The van der Waals surface area contributed by atoms with Gasteiger partial charge in [-0.1, -0.05) is 6.08 Å². The lowest BCUT2D eigenvalue weighted by Crippen LogP contribution is -2.44. The normalized spacial score (nSPS) is 15.6. The van der Waals surface area contributed by atoms with Gasteiger partial charge in [0.1, 0.15) is 5.76 Å². The first-order valence-electron chi connectivity index (χ1n) is 7.06. The van der Waals surface area contributed by atoms with Gasteiger partial charge in [-0.05, 0) is 31.4 Å². The van der Waals surface area contributed by atoms with Crippen molar-refractivity contribution in [2.75, 3.05) is 26.2 Å². The van der Waals surface area contributed by atoms with Gasteiger partial charge in [-0.15, -0.1) is 30.6 Å². The number of nitrogens with one attached hydrogen (secondary N) is 1. The minimum atomic E-state index is 0. The number of nitrogens with zero attached hydrogens (tertiary/aromatic N) is 2. The first kappa shape index (κ1) is 17.1. The van der Waals surface area contributed by atoms with E-state index in [0.29, 0.717) is 0 Å². The van der Waals surface area contributed by atoms with E-state index in [2.05, 4.69) is 21.8 Å². The molecule has 1 fully saturated rings. The van der Waals surface area contributed by atoms with Crippen LogP contribution in [0.25, 0.3) is 0 Å². The molecule has 4 nitrogen and oxygen atoms in total. The molecule has 112 valence electrons. The van der Waals surface area contributed by atoms with Crippen molar-refractivity contribution < 1.29 is 4.42 Å². The molecule has 0 saturated carbocycles. The van der Waals surface area contributed by atoms with Gasteiger partial charge in [-0.25, -0.2) is 0 Å². The number of guanidine groups is 1. The lowest BCUT2D eigenvalue weighted by Gasteiger charge is -2.30. The summed E-state index contributed by atoms with van der Waals surface area (Å²) in [7, 11) is 0. The van der Waals surface area contributed by atoms with Gasteiger partial charge < -0.3 is 14.6 Å². The van der Waals surface area contributed by atoms with Crippen molar-refractivity contribution in [2.24, 2.45) is 4.99 Å². The van der Waals surface area contributed by atoms with Gasteiger partial charge in [-0.3, -0.25) is 4.99 Å². The highest BCUT2D eigenvalue weighted by atomic mass is 127. The molecule has 1 aromatic rings. The summed E-state index contributed by atoms with van der Waals surface area (Å²) in [5.74, 6) is 2.00. The molecular weight excluding hydrogens is 365 g/mol. The molecule has 0 aliphatic carbocycles. The molecule has 0 atom stereocenters. The molecule has 0 unspecified atom stereocenters. The average molecular weight is 389 g/mol. The summed E-state index contributed by atoms with van der Waals surface area (Å²) in [4.78, 5) is 7.03. The standard InChI is InChI=1S/C15H23N3O.HI/c1-2-9-16-15(18-11-4-3-5-12-18)17-10-8-14-7-6-13-19-14;/h2,6-7,13H,1,3-5,8-12H2,(H,16,17);1H. The maximum Gasteiger partial charge on any atom is 0.194 e.